The van der Waals surface area contributed by atoms with Crippen LogP contribution in [-0.4, -0.2) is 27.9 Å². The summed E-state index contributed by atoms with van der Waals surface area (Å²) < 4.78 is 1.93. The Bertz CT molecular complexity index is 524. The summed E-state index contributed by atoms with van der Waals surface area (Å²) in [5.74, 6) is 1.02. The van der Waals surface area contributed by atoms with E-state index in [2.05, 4.69) is 28.4 Å². The maximum atomic E-state index is 6.02. The highest BCUT2D eigenvalue weighted by atomic mass is 35.5. The number of benzene rings is 1. The van der Waals surface area contributed by atoms with Gasteiger partial charge in [0, 0.05) is 24.0 Å². The number of nitrogens with zero attached hydrogens (tertiary/aromatic N) is 3. The lowest BCUT2D eigenvalue weighted by atomic mass is 10.0. The minimum absolute atomic E-state index is 0.327. The number of likely N-dealkylation sites (N-methyl/N-ethyl adjacent to an activating group) is 1. The number of hydrogen-bond donors (Lipinski definition) is 1. The van der Waals surface area contributed by atoms with Crippen LogP contribution in [-0.2, 0) is 19.4 Å². The fraction of sp³-hybridized carbons (Fsp3) is 0.429. The highest BCUT2D eigenvalue weighted by molar-refractivity contribution is 6.30. The molecule has 0 radical (unpaired) electrons. The molecule has 5 heteroatoms. The molecule has 19 heavy (non-hydrogen) atoms. The van der Waals surface area contributed by atoms with Gasteiger partial charge in [0.1, 0.15) is 12.2 Å². The van der Waals surface area contributed by atoms with Crippen LogP contribution in [0.2, 0.25) is 5.02 Å². The lowest BCUT2D eigenvalue weighted by Gasteiger charge is -2.16. The van der Waals surface area contributed by atoms with Gasteiger partial charge in [-0.15, -0.1) is 0 Å². The molecule has 102 valence electrons. The summed E-state index contributed by atoms with van der Waals surface area (Å²) in [4.78, 5) is 4.32. The molecule has 2 rings (SSSR count). The summed E-state index contributed by atoms with van der Waals surface area (Å²) in [5, 5.41) is 8.32. The van der Waals surface area contributed by atoms with Crippen molar-refractivity contribution in [3.05, 3.63) is 47.0 Å². The third kappa shape index (κ3) is 3.78. The van der Waals surface area contributed by atoms with Gasteiger partial charge in [0.25, 0.3) is 0 Å². The fourth-order valence-electron chi connectivity index (χ4n) is 2.16. The summed E-state index contributed by atoms with van der Waals surface area (Å²) in [7, 11) is 1.97. The van der Waals surface area contributed by atoms with Gasteiger partial charge >= 0.3 is 0 Å². The second kappa shape index (κ2) is 6.68. The van der Waals surface area contributed by atoms with Crippen molar-refractivity contribution in [2.45, 2.75) is 32.4 Å². The zero-order chi connectivity index (χ0) is 13.7. The fourth-order valence-corrected chi connectivity index (χ4v) is 2.37. The van der Waals surface area contributed by atoms with Crippen molar-refractivity contribution in [2.75, 3.05) is 7.05 Å². The number of nitrogens with one attached hydrogen (secondary N) is 1. The smallest absolute Gasteiger partial charge is 0.138 e. The Labute approximate surface area is 118 Å². The average Bonchev–Trinajstić information content (AvgIpc) is 2.85. The molecule has 0 aliphatic heterocycles. The molecule has 0 bridgehead atoms. The monoisotopic (exact) mass is 278 g/mol. The first kappa shape index (κ1) is 14.0. The molecule has 0 amide bonds. The van der Waals surface area contributed by atoms with E-state index >= 15 is 0 Å². The molecule has 1 atom stereocenters. The molecule has 0 aliphatic carbocycles. The summed E-state index contributed by atoms with van der Waals surface area (Å²) in [6.45, 7) is 2.92. The van der Waals surface area contributed by atoms with Crippen LogP contribution in [0.15, 0.2) is 30.6 Å². The molecule has 1 heterocycles. The topological polar surface area (TPSA) is 42.7 Å². The van der Waals surface area contributed by atoms with Gasteiger partial charge in [0.05, 0.1) is 0 Å². The minimum Gasteiger partial charge on any atom is -0.316 e. The van der Waals surface area contributed by atoms with Gasteiger partial charge in [-0.1, -0.05) is 23.7 Å². The normalized spacial score (nSPS) is 12.6. The van der Waals surface area contributed by atoms with Gasteiger partial charge in [-0.05, 0) is 38.1 Å². The van der Waals surface area contributed by atoms with E-state index in [1.165, 1.54) is 5.56 Å². The first-order valence-corrected chi connectivity index (χ1v) is 6.89. The van der Waals surface area contributed by atoms with Gasteiger partial charge in [0.2, 0.25) is 0 Å². The van der Waals surface area contributed by atoms with E-state index in [1.54, 1.807) is 6.33 Å². The van der Waals surface area contributed by atoms with Crippen molar-refractivity contribution < 1.29 is 0 Å². The summed E-state index contributed by atoms with van der Waals surface area (Å²) in [5.41, 5.74) is 1.23. The van der Waals surface area contributed by atoms with Crippen LogP contribution in [0.5, 0.6) is 0 Å². The van der Waals surface area contributed by atoms with Crippen LogP contribution >= 0.6 is 11.6 Å². The van der Waals surface area contributed by atoms with Gasteiger partial charge in [-0.3, -0.25) is 4.68 Å². The van der Waals surface area contributed by atoms with Crippen molar-refractivity contribution >= 4 is 11.6 Å². The predicted molar refractivity (Wildman–Crippen MR) is 77.4 cm³/mol. The lowest BCUT2D eigenvalue weighted by molar-refractivity contribution is 0.513. The van der Waals surface area contributed by atoms with Crippen molar-refractivity contribution in [1.29, 1.82) is 0 Å². The maximum Gasteiger partial charge on any atom is 0.138 e. The second-order valence-corrected chi connectivity index (χ2v) is 4.95. The molecule has 0 saturated heterocycles. The predicted octanol–water partition coefficient (Wildman–Crippen LogP) is 2.32. The molecule has 0 saturated carbocycles. The van der Waals surface area contributed by atoms with Crippen molar-refractivity contribution in [2.24, 2.45) is 0 Å². The van der Waals surface area contributed by atoms with E-state index in [4.69, 9.17) is 11.6 Å². The van der Waals surface area contributed by atoms with Crippen molar-refractivity contribution in [3.8, 4) is 0 Å². The Balaban J connectivity index is 2.04. The molecule has 0 fully saturated rings. The number of halogens is 1. The largest absolute Gasteiger partial charge is 0.316 e. The SMILES string of the molecule is CCn1ncnc1CC(Cc1cccc(Cl)c1)NC. The molecule has 2 aromatic rings. The standard InChI is InChI=1S/C14H19ClN4/c1-3-19-14(17-10-18-19)9-13(16-2)8-11-5-4-6-12(15)7-11/h4-7,10,13,16H,3,8-9H2,1-2H3. The van der Waals surface area contributed by atoms with E-state index in [9.17, 15) is 0 Å². The number of rotatable bonds is 6. The first-order chi connectivity index (χ1) is 9.22. The van der Waals surface area contributed by atoms with Crippen LogP contribution in [0, 0.1) is 0 Å². The zero-order valence-electron chi connectivity index (χ0n) is 11.3. The Morgan fingerprint density at radius 2 is 2.21 bits per heavy atom. The molecule has 0 aliphatic rings. The van der Waals surface area contributed by atoms with Gasteiger partial charge in [-0.25, -0.2) is 4.98 Å². The molecular formula is C14H19ClN4. The highest BCUT2D eigenvalue weighted by Gasteiger charge is 2.12. The summed E-state index contributed by atoms with van der Waals surface area (Å²) >= 11 is 6.02. The third-order valence-corrected chi connectivity index (χ3v) is 3.44. The zero-order valence-corrected chi connectivity index (χ0v) is 12.1. The quantitative estimate of drug-likeness (QED) is 0.882. The number of aromatic nitrogens is 3. The molecule has 1 unspecified atom stereocenters. The minimum atomic E-state index is 0.327. The molecule has 0 spiro atoms. The van der Waals surface area contributed by atoms with Crippen molar-refractivity contribution in [1.82, 2.24) is 20.1 Å². The van der Waals surface area contributed by atoms with E-state index in [0.717, 1.165) is 30.2 Å². The molecule has 4 nitrogen and oxygen atoms in total. The van der Waals surface area contributed by atoms with E-state index < -0.39 is 0 Å². The Morgan fingerprint density at radius 1 is 1.37 bits per heavy atom. The molecule has 1 N–H and O–H groups in total. The lowest BCUT2D eigenvalue weighted by Crippen LogP contribution is -2.31. The van der Waals surface area contributed by atoms with Crippen LogP contribution < -0.4 is 5.32 Å². The van der Waals surface area contributed by atoms with E-state index in [0.29, 0.717) is 6.04 Å². The number of aryl methyl sites for hydroxylation is 1. The average molecular weight is 279 g/mol. The van der Waals surface area contributed by atoms with Crippen LogP contribution in [0.25, 0.3) is 0 Å². The Hall–Kier alpha value is -1.39. The van der Waals surface area contributed by atoms with Crippen LogP contribution in [0.1, 0.15) is 18.3 Å². The van der Waals surface area contributed by atoms with Crippen LogP contribution in [0.4, 0.5) is 0 Å². The van der Waals surface area contributed by atoms with E-state index in [-0.39, 0.29) is 0 Å². The highest BCUT2D eigenvalue weighted by Crippen LogP contribution is 2.13. The number of hydrogen-bond acceptors (Lipinski definition) is 3. The van der Waals surface area contributed by atoms with Gasteiger partial charge in [0.15, 0.2) is 0 Å². The van der Waals surface area contributed by atoms with Gasteiger partial charge in [-0.2, -0.15) is 5.10 Å². The first-order valence-electron chi connectivity index (χ1n) is 6.51. The van der Waals surface area contributed by atoms with Crippen LogP contribution in [0.3, 0.4) is 0 Å². The second-order valence-electron chi connectivity index (χ2n) is 4.52. The maximum absolute atomic E-state index is 6.02. The van der Waals surface area contributed by atoms with Gasteiger partial charge < -0.3 is 5.32 Å². The van der Waals surface area contributed by atoms with E-state index in [1.807, 2.05) is 29.9 Å². The molecule has 1 aromatic heterocycles. The van der Waals surface area contributed by atoms with Crippen molar-refractivity contribution in [3.63, 3.8) is 0 Å². The summed E-state index contributed by atoms with van der Waals surface area (Å²) in [6, 6.07) is 8.32. The third-order valence-electron chi connectivity index (χ3n) is 3.20. The Kier molecular flexibility index (Phi) is 4.93. The molecular weight excluding hydrogens is 260 g/mol. The Morgan fingerprint density at radius 3 is 2.89 bits per heavy atom. The summed E-state index contributed by atoms with van der Waals surface area (Å²) in [6.07, 6.45) is 3.40. The molecule has 1 aromatic carbocycles.